The van der Waals surface area contributed by atoms with E-state index in [2.05, 4.69) is 48.5 Å². The Morgan fingerprint density at radius 1 is 0.812 bits per heavy atom. The molecule has 1 fully saturated rings. The molecule has 1 saturated carbocycles. The molecule has 2 aromatic carbocycles. The van der Waals surface area contributed by atoms with Gasteiger partial charge in [-0.2, -0.15) is 0 Å². The maximum atomic E-state index is 6.21. The standard InChI is InChI=1S/C15H15N/c16-15(9-10-15)14-8-4-7-13(11-14)12-5-2-1-3-6-12/h1-8,11H,9-10,16H2. The average molecular weight is 209 g/mol. The third-order valence-corrected chi connectivity index (χ3v) is 3.33. The first-order chi connectivity index (χ1) is 7.78. The van der Waals surface area contributed by atoms with Crippen molar-refractivity contribution in [1.82, 2.24) is 0 Å². The van der Waals surface area contributed by atoms with Crippen LogP contribution in [0.15, 0.2) is 54.6 Å². The Balaban J connectivity index is 2.03. The van der Waals surface area contributed by atoms with Crippen molar-refractivity contribution in [2.45, 2.75) is 18.4 Å². The first kappa shape index (κ1) is 9.61. The molecule has 1 aliphatic rings. The van der Waals surface area contributed by atoms with Crippen LogP contribution in [0.25, 0.3) is 11.1 Å². The number of benzene rings is 2. The Labute approximate surface area is 95.9 Å². The Bertz CT molecular complexity index is 498. The van der Waals surface area contributed by atoms with Gasteiger partial charge in [0.2, 0.25) is 0 Å². The van der Waals surface area contributed by atoms with Crippen molar-refractivity contribution in [2.75, 3.05) is 0 Å². The number of nitrogens with two attached hydrogens (primary N) is 1. The summed E-state index contributed by atoms with van der Waals surface area (Å²) in [6.07, 6.45) is 2.23. The zero-order valence-electron chi connectivity index (χ0n) is 9.19. The van der Waals surface area contributed by atoms with Gasteiger partial charge in [-0.15, -0.1) is 0 Å². The molecule has 1 heteroatoms. The average Bonchev–Trinajstić information content (AvgIpc) is 3.10. The molecule has 1 aliphatic carbocycles. The van der Waals surface area contributed by atoms with E-state index in [1.807, 2.05) is 6.07 Å². The van der Waals surface area contributed by atoms with Gasteiger partial charge in [-0.05, 0) is 35.6 Å². The van der Waals surface area contributed by atoms with E-state index in [4.69, 9.17) is 5.73 Å². The van der Waals surface area contributed by atoms with E-state index in [0.29, 0.717) is 0 Å². The number of hydrogen-bond donors (Lipinski definition) is 1. The molecule has 1 nitrogen and oxygen atoms in total. The molecule has 0 bridgehead atoms. The molecule has 0 spiro atoms. The van der Waals surface area contributed by atoms with Gasteiger partial charge in [-0.1, -0.05) is 48.5 Å². The molecule has 0 aromatic heterocycles. The van der Waals surface area contributed by atoms with Gasteiger partial charge in [0.25, 0.3) is 0 Å². The summed E-state index contributed by atoms with van der Waals surface area (Å²) < 4.78 is 0. The summed E-state index contributed by atoms with van der Waals surface area (Å²) in [5, 5.41) is 0. The van der Waals surface area contributed by atoms with Crippen molar-refractivity contribution in [3.63, 3.8) is 0 Å². The Morgan fingerprint density at radius 2 is 1.50 bits per heavy atom. The van der Waals surface area contributed by atoms with Gasteiger partial charge in [-0.25, -0.2) is 0 Å². The molecule has 16 heavy (non-hydrogen) atoms. The van der Waals surface area contributed by atoms with Crippen LogP contribution >= 0.6 is 0 Å². The Hall–Kier alpha value is -1.60. The summed E-state index contributed by atoms with van der Waals surface area (Å²) in [6, 6.07) is 19.1. The van der Waals surface area contributed by atoms with Gasteiger partial charge >= 0.3 is 0 Å². The lowest BCUT2D eigenvalue weighted by Gasteiger charge is -2.11. The lowest BCUT2D eigenvalue weighted by atomic mass is 9.99. The summed E-state index contributed by atoms with van der Waals surface area (Å²) in [5.74, 6) is 0. The molecule has 0 amide bonds. The second-order valence-corrected chi connectivity index (χ2v) is 4.60. The zero-order chi connectivity index (χ0) is 11.0. The highest BCUT2D eigenvalue weighted by Gasteiger charge is 2.39. The Kier molecular flexibility index (Phi) is 2.08. The molecule has 0 radical (unpaired) electrons. The van der Waals surface area contributed by atoms with E-state index in [1.165, 1.54) is 16.7 Å². The summed E-state index contributed by atoms with van der Waals surface area (Å²) in [5.41, 5.74) is 9.97. The van der Waals surface area contributed by atoms with Crippen LogP contribution in [0.3, 0.4) is 0 Å². The van der Waals surface area contributed by atoms with Crippen molar-refractivity contribution in [2.24, 2.45) is 5.73 Å². The molecular formula is C15H15N. The Morgan fingerprint density at radius 3 is 2.19 bits per heavy atom. The van der Waals surface area contributed by atoms with Gasteiger partial charge in [0.05, 0.1) is 0 Å². The van der Waals surface area contributed by atoms with E-state index >= 15 is 0 Å². The van der Waals surface area contributed by atoms with Crippen molar-refractivity contribution in [1.29, 1.82) is 0 Å². The fourth-order valence-corrected chi connectivity index (χ4v) is 2.06. The van der Waals surface area contributed by atoms with Crippen LogP contribution in [0.4, 0.5) is 0 Å². The first-order valence-electron chi connectivity index (χ1n) is 5.73. The number of hydrogen-bond acceptors (Lipinski definition) is 1. The van der Waals surface area contributed by atoms with E-state index < -0.39 is 0 Å². The smallest absolute Gasteiger partial charge is 0.0411 e. The van der Waals surface area contributed by atoms with Gasteiger partial charge in [0.15, 0.2) is 0 Å². The second-order valence-electron chi connectivity index (χ2n) is 4.60. The molecule has 3 rings (SSSR count). The molecule has 80 valence electrons. The molecule has 0 aliphatic heterocycles. The predicted molar refractivity (Wildman–Crippen MR) is 67.0 cm³/mol. The van der Waals surface area contributed by atoms with Crippen LogP contribution in [0.2, 0.25) is 0 Å². The van der Waals surface area contributed by atoms with Gasteiger partial charge in [0, 0.05) is 5.54 Å². The van der Waals surface area contributed by atoms with E-state index in [0.717, 1.165) is 12.8 Å². The minimum Gasteiger partial charge on any atom is -0.321 e. The van der Waals surface area contributed by atoms with Crippen LogP contribution in [0, 0.1) is 0 Å². The first-order valence-corrected chi connectivity index (χ1v) is 5.73. The van der Waals surface area contributed by atoms with Crippen molar-refractivity contribution >= 4 is 0 Å². The molecule has 0 saturated heterocycles. The summed E-state index contributed by atoms with van der Waals surface area (Å²) >= 11 is 0. The van der Waals surface area contributed by atoms with E-state index in [9.17, 15) is 0 Å². The minimum absolute atomic E-state index is 0.0369. The maximum Gasteiger partial charge on any atom is 0.0411 e. The van der Waals surface area contributed by atoms with Crippen LogP contribution in [0.1, 0.15) is 18.4 Å². The highest BCUT2D eigenvalue weighted by molar-refractivity contribution is 5.64. The van der Waals surface area contributed by atoms with Gasteiger partial charge in [-0.3, -0.25) is 0 Å². The van der Waals surface area contributed by atoms with Crippen LogP contribution in [0.5, 0.6) is 0 Å². The lowest BCUT2D eigenvalue weighted by molar-refractivity contribution is 0.740. The fourth-order valence-electron chi connectivity index (χ4n) is 2.06. The van der Waals surface area contributed by atoms with E-state index in [1.54, 1.807) is 0 Å². The van der Waals surface area contributed by atoms with Gasteiger partial charge in [0.1, 0.15) is 0 Å². The van der Waals surface area contributed by atoms with Crippen molar-refractivity contribution in [3.05, 3.63) is 60.2 Å². The molecule has 0 atom stereocenters. The normalized spacial score (nSPS) is 17.1. The largest absolute Gasteiger partial charge is 0.321 e. The molecule has 2 aromatic rings. The molecule has 0 heterocycles. The third-order valence-electron chi connectivity index (χ3n) is 3.33. The second kappa shape index (κ2) is 3.46. The lowest BCUT2D eigenvalue weighted by Crippen LogP contribution is -2.18. The molecular weight excluding hydrogens is 194 g/mol. The molecule has 0 unspecified atom stereocenters. The van der Waals surface area contributed by atoms with Crippen molar-refractivity contribution in [3.8, 4) is 11.1 Å². The SMILES string of the molecule is NC1(c2cccc(-c3ccccc3)c2)CC1. The highest BCUT2D eigenvalue weighted by Crippen LogP contribution is 2.43. The van der Waals surface area contributed by atoms with Gasteiger partial charge < -0.3 is 5.73 Å². The topological polar surface area (TPSA) is 26.0 Å². The quantitative estimate of drug-likeness (QED) is 0.806. The predicted octanol–water partition coefficient (Wildman–Crippen LogP) is 3.30. The van der Waals surface area contributed by atoms with Crippen LogP contribution < -0.4 is 5.73 Å². The monoisotopic (exact) mass is 209 g/mol. The highest BCUT2D eigenvalue weighted by atomic mass is 14.8. The van der Waals surface area contributed by atoms with Crippen molar-refractivity contribution < 1.29 is 0 Å². The minimum atomic E-state index is -0.0369. The summed E-state index contributed by atoms with van der Waals surface area (Å²) in [6.45, 7) is 0. The molecule has 2 N–H and O–H groups in total. The van der Waals surface area contributed by atoms with E-state index in [-0.39, 0.29) is 5.54 Å². The third kappa shape index (κ3) is 1.63. The maximum absolute atomic E-state index is 6.21. The summed E-state index contributed by atoms with van der Waals surface area (Å²) in [7, 11) is 0. The number of rotatable bonds is 2. The van der Waals surface area contributed by atoms with Crippen LogP contribution in [-0.4, -0.2) is 0 Å². The summed E-state index contributed by atoms with van der Waals surface area (Å²) in [4.78, 5) is 0. The van der Waals surface area contributed by atoms with Crippen LogP contribution in [-0.2, 0) is 5.54 Å². The zero-order valence-corrected chi connectivity index (χ0v) is 9.19. The fraction of sp³-hybridized carbons (Fsp3) is 0.200.